The molecule has 0 aromatic heterocycles. The second kappa shape index (κ2) is 7.63. The maximum Gasteiger partial charge on any atom is 0.253 e. The van der Waals surface area contributed by atoms with Crippen molar-refractivity contribution in [2.24, 2.45) is 11.8 Å². The number of aliphatic hydroxyl groups excluding tert-OH is 1. The molecule has 1 aliphatic carbocycles. The van der Waals surface area contributed by atoms with Crippen LogP contribution in [0.3, 0.4) is 0 Å². The van der Waals surface area contributed by atoms with Crippen LogP contribution in [0, 0.1) is 11.8 Å². The number of hydrogen-bond donors (Lipinski definition) is 1. The van der Waals surface area contributed by atoms with Gasteiger partial charge in [0.2, 0.25) is 0 Å². The van der Waals surface area contributed by atoms with Gasteiger partial charge in [0.1, 0.15) is 0 Å². The van der Waals surface area contributed by atoms with E-state index in [2.05, 4.69) is 29.2 Å². The van der Waals surface area contributed by atoms with E-state index in [9.17, 15) is 4.79 Å². The quantitative estimate of drug-likeness (QED) is 0.901. The summed E-state index contributed by atoms with van der Waals surface area (Å²) in [6, 6.07) is 16.3. The van der Waals surface area contributed by atoms with E-state index in [1.807, 2.05) is 24.3 Å². The van der Waals surface area contributed by atoms with Crippen molar-refractivity contribution in [1.29, 1.82) is 0 Å². The van der Waals surface area contributed by atoms with Crippen LogP contribution in [-0.4, -0.2) is 35.6 Å². The monoisotopic (exact) mass is 349 g/mol. The van der Waals surface area contributed by atoms with Gasteiger partial charge in [-0.15, -0.1) is 0 Å². The Labute approximate surface area is 155 Å². The Balaban J connectivity index is 1.46. The molecule has 1 saturated heterocycles. The molecule has 1 amide bonds. The molecular formula is C23H27NO2. The Morgan fingerprint density at radius 1 is 0.923 bits per heavy atom. The Bertz CT molecular complexity index is 739. The van der Waals surface area contributed by atoms with Gasteiger partial charge in [-0.25, -0.2) is 0 Å². The predicted molar refractivity (Wildman–Crippen MR) is 104 cm³/mol. The number of amides is 1. The van der Waals surface area contributed by atoms with Crippen LogP contribution in [0.5, 0.6) is 0 Å². The van der Waals surface area contributed by atoms with Crippen molar-refractivity contribution in [3.05, 3.63) is 59.7 Å². The van der Waals surface area contributed by atoms with Crippen LogP contribution < -0.4 is 0 Å². The fourth-order valence-corrected chi connectivity index (χ4v) is 4.58. The summed E-state index contributed by atoms with van der Waals surface area (Å²) in [6.07, 6.45) is 5.90. The van der Waals surface area contributed by atoms with Gasteiger partial charge in [-0.1, -0.05) is 42.8 Å². The number of piperidine rings is 1. The van der Waals surface area contributed by atoms with Crippen molar-refractivity contribution in [2.75, 3.05) is 19.7 Å². The molecule has 0 spiro atoms. The van der Waals surface area contributed by atoms with E-state index in [1.165, 1.54) is 25.7 Å². The number of benzene rings is 2. The van der Waals surface area contributed by atoms with Crippen molar-refractivity contribution >= 4 is 5.91 Å². The first-order valence-corrected chi connectivity index (χ1v) is 9.82. The van der Waals surface area contributed by atoms with Crippen LogP contribution in [-0.2, 0) is 6.42 Å². The number of fused-ring (bicyclic) bond motifs is 2. The number of aliphatic hydroxyl groups is 1. The fraction of sp³-hybridized carbons (Fsp3) is 0.435. The molecule has 3 heteroatoms. The van der Waals surface area contributed by atoms with Crippen LogP contribution in [0.4, 0.5) is 0 Å². The summed E-state index contributed by atoms with van der Waals surface area (Å²) < 4.78 is 0. The van der Waals surface area contributed by atoms with E-state index in [-0.39, 0.29) is 12.5 Å². The van der Waals surface area contributed by atoms with Gasteiger partial charge in [-0.3, -0.25) is 4.79 Å². The highest BCUT2D eigenvalue weighted by Crippen LogP contribution is 2.35. The molecule has 0 unspecified atom stereocenters. The molecule has 1 saturated carbocycles. The maximum absolute atomic E-state index is 12.9. The van der Waals surface area contributed by atoms with Gasteiger partial charge in [0.25, 0.3) is 5.91 Å². The van der Waals surface area contributed by atoms with Crippen molar-refractivity contribution in [2.45, 2.75) is 32.1 Å². The minimum Gasteiger partial charge on any atom is -0.396 e. The molecule has 3 nitrogen and oxygen atoms in total. The largest absolute Gasteiger partial charge is 0.396 e. The summed E-state index contributed by atoms with van der Waals surface area (Å²) in [5.74, 6) is 1.61. The lowest BCUT2D eigenvalue weighted by Crippen LogP contribution is -2.45. The van der Waals surface area contributed by atoms with E-state index in [0.29, 0.717) is 18.3 Å². The summed E-state index contributed by atoms with van der Waals surface area (Å²) in [6.45, 7) is 2.04. The van der Waals surface area contributed by atoms with E-state index in [0.717, 1.165) is 35.3 Å². The van der Waals surface area contributed by atoms with Gasteiger partial charge in [0.15, 0.2) is 0 Å². The van der Waals surface area contributed by atoms with E-state index in [4.69, 9.17) is 5.11 Å². The summed E-state index contributed by atoms with van der Waals surface area (Å²) in [5, 5.41) is 9.01. The zero-order chi connectivity index (χ0) is 17.9. The topological polar surface area (TPSA) is 40.5 Å². The van der Waals surface area contributed by atoms with Crippen molar-refractivity contribution in [1.82, 2.24) is 4.90 Å². The number of nitrogens with zero attached hydrogens (tertiary/aromatic N) is 1. The number of carbonyl (C=O) groups is 1. The Hall–Kier alpha value is -2.13. The third-order valence-electron chi connectivity index (χ3n) is 5.96. The third-order valence-corrected chi connectivity index (χ3v) is 5.96. The highest BCUT2D eigenvalue weighted by Gasteiger charge is 2.32. The first-order valence-electron chi connectivity index (χ1n) is 9.82. The smallest absolute Gasteiger partial charge is 0.253 e. The second-order valence-electron chi connectivity index (χ2n) is 7.86. The lowest BCUT2D eigenvalue weighted by Gasteiger charge is -2.41. The molecular weight excluding hydrogens is 322 g/mol. The van der Waals surface area contributed by atoms with Crippen LogP contribution in [0.2, 0.25) is 0 Å². The molecule has 2 aromatic carbocycles. The highest BCUT2D eigenvalue weighted by atomic mass is 16.3. The molecule has 1 aliphatic heterocycles. The normalized spacial score (nSPS) is 22.3. The Morgan fingerprint density at radius 3 is 2.08 bits per heavy atom. The van der Waals surface area contributed by atoms with Gasteiger partial charge >= 0.3 is 0 Å². The first-order chi connectivity index (χ1) is 12.7. The lowest BCUT2D eigenvalue weighted by molar-refractivity contribution is 0.0504. The minimum atomic E-state index is 0.175. The fourth-order valence-electron chi connectivity index (χ4n) is 4.58. The second-order valence-corrected chi connectivity index (χ2v) is 7.86. The molecule has 4 rings (SSSR count). The Kier molecular flexibility index (Phi) is 5.07. The maximum atomic E-state index is 12.9. The molecule has 1 N–H and O–H groups in total. The summed E-state index contributed by atoms with van der Waals surface area (Å²) in [7, 11) is 0. The summed E-state index contributed by atoms with van der Waals surface area (Å²) >= 11 is 0. The number of carbonyl (C=O) groups excluding carboxylic acids is 1. The Morgan fingerprint density at radius 2 is 1.50 bits per heavy atom. The summed E-state index contributed by atoms with van der Waals surface area (Å²) in [4.78, 5) is 15.0. The standard InChI is InChI=1S/C23H27NO2/c25-13-12-17-4-6-20(7-5-17)21-8-10-22(11-9-21)23(26)24-15-18-2-1-3-19(14-18)16-24/h4-11,18-19,25H,1-3,12-16H2/t18-,19+. The van der Waals surface area contributed by atoms with Gasteiger partial charge < -0.3 is 10.0 Å². The van der Waals surface area contributed by atoms with Gasteiger partial charge in [0.05, 0.1) is 0 Å². The zero-order valence-electron chi connectivity index (χ0n) is 15.2. The number of likely N-dealkylation sites (tertiary alicyclic amines) is 1. The average Bonchev–Trinajstić information content (AvgIpc) is 2.68. The molecule has 2 aromatic rings. The molecule has 26 heavy (non-hydrogen) atoms. The van der Waals surface area contributed by atoms with Crippen LogP contribution in [0.25, 0.3) is 11.1 Å². The lowest BCUT2D eigenvalue weighted by atomic mass is 9.78. The van der Waals surface area contributed by atoms with Crippen molar-refractivity contribution in [3.63, 3.8) is 0 Å². The average molecular weight is 349 g/mol. The molecule has 2 aliphatic rings. The van der Waals surface area contributed by atoms with Gasteiger partial charge in [0, 0.05) is 25.3 Å². The first kappa shape index (κ1) is 17.3. The highest BCUT2D eigenvalue weighted by molar-refractivity contribution is 5.94. The predicted octanol–water partition coefficient (Wildman–Crippen LogP) is 4.15. The molecule has 2 atom stereocenters. The molecule has 2 bridgehead atoms. The minimum absolute atomic E-state index is 0.175. The number of rotatable bonds is 4. The van der Waals surface area contributed by atoms with Crippen molar-refractivity contribution < 1.29 is 9.90 Å². The van der Waals surface area contributed by atoms with Gasteiger partial charge in [-0.2, -0.15) is 0 Å². The van der Waals surface area contributed by atoms with Crippen LogP contribution >= 0.6 is 0 Å². The zero-order valence-corrected chi connectivity index (χ0v) is 15.2. The van der Waals surface area contributed by atoms with Crippen molar-refractivity contribution in [3.8, 4) is 11.1 Å². The van der Waals surface area contributed by atoms with E-state index in [1.54, 1.807) is 0 Å². The van der Waals surface area contributed by atoms with E-state index < -0.39 is 0 Å². The SMILES string of the molecule is O=C(c1ccc(-c2ccc(CCO)cc2)cc1)N1C[C@@H]2CCC[C@@H](C2)C1. The van der Waals surface area contributed by atoms with E-state index >= 15 is 0 Å². The third kappa shape index (κ3) is 3.68. The van der Waals surface area contributed by atoms with Crippen LogP contribution in [0.1, 0.15) is 41.6 Å². The molecule has 136 valence electrons. The number of hydrogen-bond acceptors (Lipinski definition) is 2. The summed E-state index contributed by atoms with van der Waals surface area (Å²) in [5.41, 5.74) is 4.19. The molecule has 1 heterocycles. The van der Waals surface area contributed by atoms with Crippen LogP contribution in [0.15, 0.2) is 48.5 Å². The van der Waals surface area contributed by atoms with Gasteiger partial charge in [-0.05, 0) is 66.3 Å². The molecule has 2 fully saturated rings. The molecule has 0 radical (unpaired) electrons.